The van der Waals surface area contributed by atoms with Gasteiger partial charge in [-0.25, -0.2) is 4.39 Å². The molecule has 31 heavy (non-hydrogen) atoms. The molecule has 0 fully saturated rings. The van der Waals surface area contributed by atoms with Gasteiger partial charge in [0.2, 0.25) is 0 Å². The summed E-state index contributed by atoms with van der Waals surface area (Å²) in [6.45, 7) is 4.29. The van der Waals surface area contributed by atoms with E-state index < -0.39 is 0 Å². The number of benzene rings is 4. The lowest BCUT2D eigenvalue weighted by atomic mass is 10.00. The molecule has 0 N–H and O–H groups in total. The second-order valence-electron chi connectivity index (χ2n) is 8.13. The maximum absolute atomic E-state index is 15.0. The zero-order valence-corrected chi connectivity index (χ0v) is 18.2. The number of halogens is 1. The zero-order chi connectivity index (χ0) is 21.6. The monoisotopic (exact) mass is 406 g/mol. The summed E-state index contributed by atoms with van der Waals surface area (Å²) in [5.74, 6) is 5.89. The van der Waals surface area contributed by atoms with Gasteiger partial charge in [0.05, 0.1) is 5.56 Å². The van der Waals surface area contributed by atoms with Crippen molar-refractivity contribution in [3.8, 4) is 23.0 Å². The second-order valence-corrected chi connectivity index (χ2v) is 8.13. The van der Waals surface area contributed by atoms with Gasteiger partial charge in [-0.05, 0) is 60.0 Å². The largest absolute Gasteiger partial charge is 0.205 e. The minimum atomic E-state index is -0.235. The van der Waals surface area contributed by atoms with Crippen molar-refractivity contribution in [3.05, 3.63) is 107 Å². The van der Waals surface area contributed by atoms with Gasteiger partial charge in [-0.1, -0.05) is 97.8 Å². The first-order chi connectivity index (χ1) is 15.1. The van der Waals surface area contributed by atoms with Gasteiger partial charge in [0.25, 0.3) is 0 Å². The van der Waals surface area contributed by atoms with E-state index in [1.807, 2.05) is 30.3 Å². The third-order valence-corrected chi connectivity index (χ3v) is 5.70. The summed E-state index contributed by atoms with van der Waals surface area (Å²) >= 11 is 0. The van der Waals surface area contributed by atoms with Gasteiger partial charge in [0, 0.05) is 10.9 Å². The number of rotatable bonds is 5. The first kappa shape index (κ1) is 20.9. The molecule has 0 bridgehead atoms. The summed E-state index contributed by atoms with van der Waals surface area (Å²) in [7, 11) is 0. The molecular weight excluding hydrogens is 379 g/mol. The van der Waals surface area contributed by atoms with Gasteiger partial charge >= 0.3 is 0 Å². The number of unbranched alkanes of at least 4 members (excludes halogenated alkanes) is 2. The molecule has 4 aromatic carbocycles. The smallest absolute Gasteiger partial charge is 0.146 e. The van der Waals surface area contributed by atoms with Crippen molar-refractivity contribution in [2.24, 2.45) is 0 Å². The van der Waals surface area contributed by atoms with Crippen molar-refractivity contribution in [1.82, 2.24) is 0 Å². The summed E-state index contributed by atoms with van der Waals surface area (Å²) in [6.07, 6.45) is 4.66. The maximum atomic E-state index is 15.0. The number of hydrogen-bond donors (Lipinski definition) is 0. The van der Waals surface area contributed by atoms with Gasteiger partial charge in [-0.15, -0.1) is 0 Å². The standard InChI is InChI=1S/C30H27F/c1-3-4-5-6-24-12-20-29-28(21-24)19-18-27(30(29)31)17-11-23-9-15-26(16-10-23)25-13-7-22(2)8-14-25/h7-10,12-16,18-21H,3-6H2,1-2H3. The molecule has 0 nitrogen and oxygen atoms in total. The maximum Gasteiger partial charge on any atom is 0.146 e. The molecule has 0 radical (unpaired) electrons. The van der Waals surface area contributed by atoms with Gasteiger partial charge in [-0.3, -0.25) is 0 Å². The SMILES string of the molecule is CCCCCc1ccc2c(F)c(C#Cc3ccc(-c4ccc(C)cc4)cc3)ccc2c1. The van der Waals surface area contributed by atoms with Gasteiger partial charge in [-0.2, -0.15) is 0 Å². The van der Waals surface area contributed by atoms with Crippen LogP contribution in [0.25, 0.3) is 21.9 Å². The number of hydrogen-bond acceptors (Lipinski definition) is 0. The molecule has 0 aromatic heterocycles. The van der Waals surface area contributed by atoms with Gasteiger partial charge < -0.3 is 0 Å². The van der Waals surface area contributed by atoms with Crippen molar-refractivity contribution >= 4 is 10.8 Å². The summed E-state index contributed by atoms with van der Waals surface area (Å²) in [6, 6.07) is 26.4. The van der Waals surface area contributed by atoms with Gasteiger partial charge in [0.1, 0.15) is 5.82 Å². The first-order valence-electron chi connectivity index (χ1n) is 11.0. The Balaban J connectivity index is 1.54. The number of fused-ring (bicyclic) bond motifs is 1. The molecule has 0 saturated heterocycles. The molecule has 1 heteroatoms. The van der Waals surface area contributed by atoms with E-state index in [9.17, 15) is 0 Å². The predicted molar refractivity (Wildman–Crippen MR) is 130 cm³/mol. The van der Waals surface area contributed by atoms with E-state index in [0.717, 1.165) is 22.9 Å². The zero-order valence-electron chi connectivity index (χ0n) is 18.2. The highest BCUT2D eigenvalue weighted by atomic mass is 19.1. The Labute approximate surface area is 184 Å². The van der Waals surface area contributed by atoms with Crippen LogP contribution < -0.4 is 0 Å². The highest BCUT2D eigenvalue weighted by molar-refractivity contribution is 5.85. The highest BCUT2D eigenvalue weighted by Gasteiger charge is 2.06. The summed E-state index contributed by atoms with van der Waals surface area (Å²) in [5.41, 5.74) is 6.16. The normalized spacial score (nSPS) is 10.7. The first-order valence-corrected chi connectivity index (χ1v) is 11.0. The van der Waals surface area contributed by atoms with Crippen LogP contribution >= 0.6 is 0 Å². The minimum Gasteiger partial charge on any atom is -0.205 e. The van der Waals surface area contributed by atoms with Gasteiger partial charge in [0.15, 0.2) is 0 Å². The number of aryl methyl sites for hydroxylation is 2. The van der Waals surface area contributed by atoms with Crippen LogP contribution in [-0.4, -0.2) is 0 Å². The van der Waals surface area contributed by atoms with E-state index in [2.05, 4.69) is 68.2 Å². The fourth-order valence-electron chi connectivity index (χ4n) is 3.80. The molecule has 4 aromatic rings. The Morgan fingerprint density at radius 3 is 2.16 bits per heavy atom. The molecule has 0 amide bonds. The van der Waals surface area contributed by atoms with Crippen LogP contribution in [0, 0.1) is 24.6 Å². The van der Waals surface area contributed by atoms with E-state index in [0.29, 0.717) is 10.9 Å². The van der Waals surface area contributed by atoms with E-state index in [1.54, 1.807) is 6.07 Å². The molecule has 0 aliphatic rings. The van der Waals surface area contributed by atoms with Crippen LogP contribution in [0.5, 0.6) is 0 Å². The molecule has 0 atom stereocenters. The van der Waals surface area contributed by atoms with Crippen molar-refractivity contribution in [1.29, 1.82) is 0 Å². The van der Waals surface area contributed by atoms with Crippen LogP contribution in [0.3, 0.4) is 0 Å². The van der Waals surface area contributed by atoms with Crippen molar-refractivity contribution in [2.75, 3.05) is 0 Å². The lowest BCUT2D eigenvalue weighted by molar-refractivity contribution is 0.636. The lowest BCUT2D eigenvalue weighted by Crippen LogP contribution is -1.90. The van der Waals surface area contributed by atoms with Crippen LogP contribution in [0.15, 0.2) is 78.9 Å². The average molecular weight is 407 g/mol. The molecule has 0 saturated carbocycles. The Morgan fingerprint density at radius 2 is 1.45 bits per heavy atom. The molecule has 0 spiro atoms. The summed E-state index contributed by atoms with van der Waals surface area (Å²) < 4.78 is 15.0. The Morgan fingerprint density at radius 1 is 0.742 bits per heavy atom. The molecular formula is C30H27F. The Hall–Kier alpha value is -3.37. The van der Waals surface area contributed by atoms with E-state index >= 15 is 4.39 Å². The third-order valence-electron chi connectivity index (χ3n) is 5.70. The average Bonchev–Trinajstić information content (AvgIpc) is 2.80. The third kappa shape index (κ3) is 5.04. The van der Waals surface area contributed by atoms with Crippen LogP contribution in [0.4, 0.5) is 4.39 Å². The summed E-state index contributed by atoms with van der Waals surface area (Å²) in [4.78, 5) is 0. The molecule has 0 aliphatic carbocycles. The van der Waals surface area contributed by atoms with Crippen molar-refractivity contribution < 1.29 is 4.39 Å². The van der Waals surface area contributed by atoms with E-state index in [-0.39, 0.29) is 5.82 Å². The fourth-order valence-corrected chi connectivity index (χ4v) is 3.80. The quantitative estimate of drug-likeness (QED) is 0.232. The van der Waals surface area contributed by atoms with E-state index in [1.165, 1.54) is 36.0 Å². The predicted octanol–water partition coefficient (Wildman–Crippen LogP) is 8.09. The summed E-state index contributed by atoms with van der Waals surface area (Å²) in [5, 5.41) is 1.58. The highest BCUT2D eigenvalue weighted by Crippen LogP contribution is 2.24. The second kappa shape index (κ2) is 9.63. The topological polar surface area (TPSA) is 0 Å². The fraction of sp³-hybridized carbons (Fsp3) is 0.200. The van der Waals surface area contributed by atoms with Crippen LogP contribution in [0.1, 0.15) is 48.4 Å². The molecule has 0 heterocycles. The molecule has 0 aliphatic heterocycles. The minimum absolute atomic E-state index is 0.235. The Bertz CT molecular complexity index is 1240. The van der Waals surface area contributed by atoms with Crippen molar-refractivity contribution in [3.63, 3.8) is 0 Å². The molecule has 154 valence electrons. The van der Waals surface area contributed by atoms with Crippen LogP contribution in [-0.2, 0) is 6.42 Å². The van der Waals surface area contributed by atoms with E-state index in [4.69, 9.17) is 0 Å². The van der Waals surface area contributed by atoms with Crippen LogP contribution in [0.2, 0.25) is 0 Å². The lowest BCUT2D eigenvalue weighted by Gasteiger charge is -2.06. The Kier molecular flexibility index (Phi) is 6.48. The van der Waals surface area contributed by atoms with Crippen molar-refractivity contribution in [2.45, 2.75) is 39.5 Å². The molecule has 0 unspecified atom stereocenters. The molecule has 4 rings (SSSR count).